The zero-order valence-electron chi connectivity index (χ0n) is 17.0. The summed E-state index contributed by atoms with van der Waals surface area (Å²) >= 11 is 3.43. The Hall–Kier alpha value is -2.14. The minimum absolute atomic E-state index is 0.0553. The Bertz CT molecular complexity index is 805. The van der Waals surface area contributed by atoms with Gasteiger partial charge in [-0.25, -0.2) is 0 Å². The number of carbonyl (C=O) groups excluding carboxylic acids is 2. The molecule has 0 bridgehead atoms. The lowest BCUT2D eigenvalue weighted by Gasteiger charge is -2.30. The Morgan fingerprint density at radius 1 is 1.07 bits per heavy atom. The van der Waals surface area contributed by atoms with Crippen LogP contribution < -0.4 is 5.32 Å². The zero-order chi connectivity index (χ0) is 20.7. The van der Waals surface area contributed by atoms with Crippen LogP contribution in [0.1, 0.15) is 43.9 Å². The second kappa shape index (κ2) is 10.4. The molecule has 2 rings (SSSR count). The lowest BCUT2D eigenvalue weighted by atomic mass is 10.1. The number of rotatable bonds is 8. The summed E-state index contributed by atoms with van der Waals surface area (Å²) in [5.74, 6) is -0.177. The maximum Gasteiger partial charge on any atom is 0.242 e. The Labute approximate surface area is 176 Å². The van der Waals surface area contributed by atoms with Gasteiger partial charge in [0.25, 0.3) is 0 Å². The molecule has 0 aliphatic carbocycles. The van der Waals surface area contributed by atoms with Crippen molar-refractivity contribution in [3.8, 4) is 0 Å². The Morgan fingerprint density at radius 3 is 2.36 bits per heavy atom. The van der Waals surface area contributed by atoms with Crippen LogP contribution in [0.15, 0.2) is 53.0 Å². The third kappa shape index (κ3) is 6.48. The van der Waals surface area contributed by atoms with Gasteiger partial charge in [-0.15, -0.1) is 0 Å². The van der Waals surface area contributed by atoms with Crippen molar-refractivity contribution in [1.82, 2.24) is 10.2 Å². The molecule has 4 nitrogen and oxygen atoms in total. The van der Waals surface area contributed by atoms with Crippen LogP contribution in [-0.2, 0) is 22.6 Å². The van der Waals surface area contributed by atoms with Crippen LogP contribution in [0.2, 0.25) is 0 Å². The Kier molecular flexibility index (Phi) is 8.24. The van der Waals surface area contributed by atoms with E-state index in [4.69, 9.17) is 0 Å². The quantitative estimate of drug-likeness (QED) is 0.644. The monoisotopic (exact) mass is 444 g/mol. The molecule has 0 radical (unpaired) electrons. The van der Waals surface area contributed by atoms with Crippen LogP contribution >= 0.6 is 15.9 Å². The average Bonchev–Trinajstić information content (AvgIpc) is 2.66. The Balaban J connectivity index is 2.22. The number of hydrogen-bond donors (Lipinski definition) is 1. The Morgan fingerprint density at radius 2 is 1.75 bits per heavy atom. The fourth-order valence-corrected chi connectivity index (χ4v) is 3.20. The predicted molar refractivity (Wildman–Crippen MR) is 117 cm³/mol. The van der Waals surface area contributed by atoms with Gasteiger partial charge in [0.1, 0.15) is 6.04 Å². The van der Waals surface area contributed by atoms with E-state index in [1.54, 1.807) is 11.8 Å². The molecule has 1 N–H and O–H groups in total. The highest BCUT2D eigenvalue weighted by atomic mass is 79.9. The topological polar surface area (TPSA) is 49.4 Å². The molecule has 5 heteroatoms. The largest absolute Gasteiger partial charge is 0.352 e. The molecule has 2 amide bonds. The lowest BCUT2D eigenvalue weighted by Crippen LogP contribution is -2.49. The van der Waals surface area contributed by atoms with E-state index in [0.29, 0.717) is 6.54 Å². The number of aryl methyl sites for hydroxylation is 1. The van der Waals surface area contributed by atoms with Crippen LogP contribution in [-0.4, -0.2) is 28.8 Å². The van der Waals surface area contributed by atoms with Crippen molar-refractivity contribution in [3.63, 3.8) is 0 Å². The zero-order valence-corrected chi connectivity index (χ0v) is 18.6. The van der Waals surface area contributed by atoms with Gasteiger partial charge < -0.3 is 10.2 Å². The summed E-state index contributed by atoms with van der Waals surface area (Å²) in [5, 5.41) is 2.99. The standard InChI is InChI=1S/C23H29BrN2O2/c1-5-17(3)25-23(28)18(4)26(15-19-9-11-21(24)12-10-19)22(27)14-20-8-6-7-16(2)13-20/h6-13,17-18H,5,14-15H2,1-4H3,(H,25,28)/t17-,18+/m0/s1. The normalized spacial score (nSPS) is 12.9. The average molecular weight is 445 g/mol. The number of hydrogen-bond acceptors (Lipinski definition) is 2. The van der Waals surface area contributed by atoms with Gasteiger partial charge in [-0.05, 0) is 50.5 Å². The van der Waals surface area contributed by atoms with Gasteiger partial charge in [0, 0.05) is 17.1 Å². The van der Waals surface area contributed by atoms with Crippen LogP contribution in [0.25, 0.3) is 0 Å². The molecule has 28 heavy (non-hydrogen) atoms. The molecule has 0 heterocycles. The molecular formula is C23H29BrN2O2. The van der Waals surface area contributed by atoms with E-state index >= 15 is 0 Å². The number of amides is 2. The molecule has 0 aliphatic heterocycles. The first kappa shape index (κ1) is 22.2. The van der Waals surface area contributed by atoms with Crippen molar-refractivity contribution >= 4 is 27.7 Å². The third-order valence-corrected chi connectivity index (χ3v) is 5.40. The highest BCUT2D eigenvalue weighted by Crippen LogP contribution is 2.16. The summed E-state index contributed by atoms with van der Waals surface area (Å²) in [4.78, 5) is 27.5. The summed E-state index contributed by atoms with van der Waals surface area (Å²) in [6, 6.07) is 15.3. The number of nitrogens with one attached hydrogen (secondary N) is 1. The maximum absolute atomic E-state index is 13.1. The van der Waals surface area contributed by atoms with Gasteiger partial charge in [-0.2, -0.15) is 0 Å². The fraction of sp³-hybridized carbons (Fsp3) is 0.391. The molecule has 0 aliphatic rings. The summed E-state index contributed by atoms with van der Waals surface area (Å²) < 4.78 is 0.983. The third-order valence-electron chi connectivity index (χ3n) is 4.87. The minimum atomic E-state index is -0.546. The molecule has 2 aromatic rings. The van der Waals surface area contributed by atoms with Gasteiger partial charge in [-0.1, -0.05) is 64.8 Å². The molecular weight excluding hydrogens is 416 g/mol. The molecule has 2 aromatic carbocycles. The molecule has 2 atom stereocenters. The van der Waals surface area contributed by atoms with Crippen LogP contribution in [0.4, 0.5) is 0 Å². The minimum Gasteiger partial charge on any atom is -0.352 e. The van der Waals surface area contributed by atoms with E-state index in [0.717, 1.165) is 27.6 Å². The van der Waals surface area contributed by atoms with Gasteiger partial charge in [0.15, 0.2) is 0 Å². The van der Waals surface area contributed by atoms with E-state index < -0.39 is 6.04 Å². The summed E-state index contributed by atoms with van der Waals surface area (Å²) in [5.41, 5.74) is 3.07. The predicted octanol–water partition coefficient (Wildman–Crippen LogP) is 4.63. The highest BCUT2D eigenvalue weighted by molar-refractivity contribution is 9.10. The van der Waals surface area contributed by atoms with Crippen molar-refractivity contribution in [2.75, 3.05) is 0 Å². The van der Waals surface area contributed by atoms with Gasteiger partial charge in [0.2, 0.25) is 11.8 Å². The van der Waals surface area contributed by atoms with Crippen molar-refractivity contribution in [2.24, 2.45) is 0 Å². The fourth-order valence-electron chi connectivity index (χ4n) is 2.93. The SMILES string of the molecule is CC[C@H](C)NC(=O)[C@@H](C)N(Cc1ccc(Br)cc1)C(=O)Cc1cccc(C)c1. The summed E-state index contributed by atoms with van der Waals surface area (Å²) in [6.07, 6.45) is 1.13. The van der Waals surface area contributed by atoms with Crippen LogP contribution in [0.3, 0.4) is 0 Å². The van der Waals surface area contributed by atoms with Gasteiger partial charge in [0.05, 0.1) is 6.42 Å². The maximum atomic E-state index is 13.1. The molecule has 150 valence electrons. The molecule has 0 fully saturated rings. The van der Waals surface area contributed by atoms with E-state index in [2.05, 4.69) is 21.2 Å². The highest BCUT2D eigenvalue weighted by Gasteiger charge is 2.26. The van der Waals surface area contributed by atoms with Crippen LogP contribution in [0.5, 0.6) is 0 Å². The summed E-state index contributed by atoms with van der Waals surface area (Å²) in [6.45, 7) is 8.20. The molecule has 0 aromatic heterocycles. The smallest absolute Gasteiger partial charge is 0.242 e. The first-order chi connectivity index (χ1) is 13.3. The van der Waals surface area contributed by atoms with E-state index in [9.17, 15) is 9.59 Å². The van der Waals surface area contributed by atoms with Gasteiger partial charge >= 0.3 is 0 Å². The molecule has 0 spiro atoms. The van der Waals surface area contributed by atoms with E-state index in [1.165, 1.54) is 0 Å². The number of carbonyl (C=O) groups is 2. The second-order valence-electron chi connectivity index (χ2n) is 7.31. The number of halogens is 1. The van der Waals surface area contributed by atoms with E-state index in [-0.39, 0.29) is 24.3 Å². The van der Waals surface area contributed by atoms with Crippen molar-refractivity contribution < 1.29 is 9.59 Å². The second-order valence-corrected chi connectivity index (χ2v) is 8.22. The lowest BCUT2D eigenvalue weighted by molar-refractivity contribution is -0.140. The molecule has 0 saturated carbocycles. The van der Waals surface area contributed by atoms with E-state index in [1.807, 2.05) is 69.3 Å². The van der Waals surface area contributed by atoms with Crippen LogP contribution in [0, 0.1) is 6.92 Å². The number of benzene rings is 2. The van der Waals surface area contributed by atoms with Crippen molar-refractivity contribution in [1.29, 1.82) is 0 Å². The van der Waals surface area contributed by atoms with Gasteiger partial charge in [-0.3, -0.25) is 9.59 Å². The van der Waals surface area contributed by atoms with Crippen molar-refractivity contribution in [3.05, 3.63) is 69.7 Å². The van der Waals surface area contributed by atoms with Crippen molar-refractivity contribution in [2.45, 2.75) is 59.2 Å². The molecule has 0 unspecified atom stereocenters. The number of nitrogens with zero attached hydrogens (tertiary/aromatic N) is 1. The summed E-state index contributed by atoms with van der Waals surface area (Å²) in [7, 11) is 0. The molecule has 0 saturated heterocycles. The first-order valence-corrected chi connectivity index (χ1v) is 10.5. The first-order valence-electron chi connectivity index (χ1n) is 9.70.